The van der Waals surface area contributed by atoms with E-state index in [0.717, 1.165) is 0 Å². The van der Waals surface area contributed by atoms with Gasteiger partial charge in [0.25, 0.3) is 0 Å². The van der Waals surface area contributed by atoms with Crippen LogP contribution in [0.5, 0.6) is 0 Å². The minimum atomic E-state index is 2.00. The van der Waals surface area contributed by atoms with Crippen molar-refractivity contribution in [3.8, 4) is 0 Å². The molecule has 10 heavy (non-hydrogen) atoms. The largest absolute Gasteiger partial charge is 0.358 e. The molecule has 0 aliphatic carbocycles. The maximum Gasteiger partial charge on any atom is 0.0106 e. The summed E-state index contributed by atoms with van der Waals surface area (Å²) in [6.07, 6.45) is 12.0. The summed E-state index contributed by atoms with van der Waals surface area (Å²) in [6.45, 7) is 4.00. The van der Waals surface area contributed by atoms with Gasteiger partial charge < -0.3 is 4.90 Å². The summed E-state index contributed by atoms with van der Waals surface area (Å²) < 4.78 is 0. The normalized spacial score (nSPS) is 12.3. The molecule has 0 aliphatic rings. The van der Waals surface area contributed by atoms with Gasteiger partial charge in [-0.05, 0) is 26.1 Å². The van der Waals surface area contributed by atoms with Crippen LogP contribution in [0.3, 0.4) is 0 Å². The smallest absolute Gasteiger partial charge is 0.0106 e. The van der Waals surface area contributed by atoms with Crippen molar-refractivity contribution in [1.82, 2.24) is 4.90 Å². The Hall–Kier alpha value is -0.980. The van der Waals surface area contributed by atoms with Gasteiger partial charge in [-0.3, -0.25) is 0 Å². The Kier molecular flexibility index (Phi) is 5.54. The molecular weight excluding hydrogens is 122 g/mol. The Labute approximate surface area is 63.3 Å². The molecule has 1 nitrogen and oxygen atoms in total. The van der Waals surface area contributed by atoms with Gasteiger partial charge in [0.05, 0.1) is 0 Å². The van der Waals surface area contributed by atoms with E-state index < -0.39 is 0 Å². The molecule has 0 spiro atoms. The fourth-order valence-electron chi connectivity index (χ4n) is 0.581. The lowest BCUT2D eigenvalue weighted by atomic mass is 10.5. The number of hydrogen-bond donors (Lipinski definition) is 0. The highest BCUT2D eigenvalue weighted by molar-refractivity contribution is 5.01. The first-order valence-electron chi connectivity index (χ1n) is 3.45. The lowest BCUT2D eigenvalue weighted by Crippen LogP contribution is -1.98. The van der Waals surface area contributed by atoms with Crippen molar-refractivity contribution < 1.29 is 0 Å². The van der Waals surface area contributed by atoms with E-state index >= 15 is 0 Å². The van der Waals surface area contributed by atoms with E-state index in [4.69, 9.17) is 0 Å². The molecule has 0 fully saturated rings. The molecule has 0 heterocycles. The summed E-state index contributed by atoms with van der Waals surface area (Å²) in [5.41, 5.74) is 0. The SMILES string of the molecule is C/C=C/C=C\N(C)/C=C/C. The first kappa shape index (κ1) is 9.02. The highest BCUT2D eigenvalue weighted by Crippen LogP contribution is 1.86. The van der Waals surface area contributed by atoms with Crippen LogP contribution in [0.25, 0.3) is 0 Å². The van der Waals surface area contributed by atoms with Gasteiger partial charge in [0.15, 0.2) is 0 Å². The summed E-state index contributed by atoms with van der Waals surface area (Å²) in [5.74, 6) is 0. The van der Waals surface area contributed by atoms with Crippen molar-refractivity contribution in [3.63, 3.8) is 0 Å². The second-order valence-electron chi connectivity index (χ2n) is 2.02. The maximum atomic E-state index is 2.00. The molecule has 0 rings (SSSR count). The van der Waals surface area contributed by atoms with Crippen LogP contribution >= 0.6 is 0 Å². The molecule has 0 atom stereocenters. The zero-order chi connectivity index (χ0) is 7.82. The lowest BCUT2D eigenvalue weighted by molar-refractivity contribution is 0.625. The molecule has 0 unspecified atom stereocenters. The molecule has 0 saturated heterocycles. The number of allylic oxidation sites excluding steroid dienone is 4. The summed E-state index contributed by atoms with van der Waals surface area (Å²) in [7, 11) is 2.00. The van der Waals surface area contributed by atoms with Crippen LogP contribution in [0.2, 0.25) is 0 Å². The first-order chi connectivity index (χ1) is 4.81. The molecule has 0 aliphatic heterocycles. The molecule has 0 aromatic heterocycles. The van der Waals surface area contributed by atoms with Crippen molar-refractivity contribution in [2.75, 3.05) is 7.05 Å². The predicted octanol–water partition coefficient (Wildman–Crippen LogP) is 2.54. The van der Waals surface area contributed by atoms with E-state index in [9.17, 15) is 0 Å². The van der Waals surface area contributed by atoms with Crippen molar-refractivity contribution in [3.05, 3.63) is 36.7 Å². The molecule has 56 valence electrons. The van der Waals surface area contributed by atoms with Gasteiger partial charge in [-0.25, -0.2) is 0 Å². The van der Waals surface area contributed by atoms with E-state index in [0.29, 0.717) is 0 Å². The van der Waals surface area contributed by atoms with Crippen LogP contribution in [-0.4, -0.2) is 11.9 Å². The van der Waals surface area contributed by atoms with Crippen LogP contribution in [0.15, 0.2) is 36.7 Å². The zero-order valence-corrected chi connectivity index (χ0v) is 6.91. The van der Waals surface area contributed by atoms with Gasteiger partial charge >= 0.3 is 0 Å². The van der Waals surface area contributed by atoms with E-state index in [1.165, 1.54) is 0 Å². The van der Waals surface area contributed by atoms with Gasteiger partial charge in [-0.1, -0.05) is 18.2 Å². The summed E-state index contributed by atoms with van der Waals surface area (Å²) in [5, 5.41) is 0. The highest BCUT2D eigenvalue weighted by Gasteiger charge is 1.75. The monoisotopic (exact) mass is 137 g/mol. The topological polar surface area (TPSA) is 3.24 Å². The fourth-order valence-corrected chi connectivity index (χ4v) is 0.581. The summed E-state index contributed by atoms with van der Waals surface area (Å²) >= 11 is 0. The molecule has 0 aromatic rings. The zero-order valence-electron chi connectivity index (χ0n) is 6.91. The molecule has 1 heteroatoms. The van der Waals surface area contributed by atoms with Gasteiger partial charge in [0.2, 0.25) is 0 Å². The third-order valence-electron chi connectivity index (χ3n) is 1.01. The second-order valence-corrected chi connectivity index (χ2v) is 2.02. The molecular formula is C9H15N. The predicted molar refractivity (Wildman–Crippen MR) is 46.5 cm³/mol. The van der Waals surface area contributed by atoms with Gasteiger partial charge in [-0.15, -0.1) is 0 Å². The first-order valence-corrected chi connectivity index (χ1v) is 3.45. The molecule has 0 amide bonds. The number of rotatable bonds is 3. The van der Waals surface area contributed by atoms with Gasteiger partial charge in [0.1, 0.15) is 0 Å². The molecule has 0 N–H and O–H groups in total. The third kappa shape index (κ3) is 5.16. The Morgan fingerprint density at radius 1 is 0.900 bits per heavy atom. The minimum absolute atomic E-state index is 2.00. The molecule has 0 aromatic carbocycles. The lowest BCUT2D eigenvalue weighted by Gasteiger charge is -2.03. The van der Waals surface area contributed by atoms with Crippen LogP contribution < -0.4 is 0 Å². The van der Waals surface area contributed by atoms with E-state index in [1.807, 2.05) is 62.5 Å². The second kappa shape index (κ2) is 6.14. The van der Waals surface area contributed by atoms with Crippen LogP contribution in [-0.2, 0) is 0 Å². The fraction of sp³-hybridized carbons (Fsp3) is 0.333. The van der Waals surface area contributed by atoms with E-state index in [-0.39, 0.29) is 0 Å². The Bertz CT molecular complexity index is 143. The van der Waals surface area contributed by atoms with Crippen LogP contribution in [0.4, 0.5) is 0 Å². The van der Waals surface area contributed by atoms with E-state index in [1.54, 1.807) is 0 Å². The average molecular weight is 137 g/mol. The van der Waals surface area contributed by atoms with Crippen molar-refractivity contribution in [2.24, 2.45) is 0 Å². The van der Waals surface area contributed by atoms with Gasteiger partial charge in [0, 0.05) is 13.2 Å². The Morgan fingerprint density at radius 3 is 2.10 bits per heavy atom. The minimum Gasteiger partial charge on any atom is -0.358 e. The third-order valence-corrected chi connectivity index (χ3v) is 1.01. The average Bonchev–Trinajstić information content (AvgIpc) is 1.89. The standard InChI is InChI=1S/C9H15N/c1-4-6-7-9-10(3)8-5-2/h4-9H,1-3H3/b6-4+,8-5+,9-7-. The van der Waals surface area contributed by atoms with Crippen molar-refractivity contribution in [2.45, 2.75) is 13.8 Å². The van der Waals surface area contributed by atoms with E-state index in [2.05, 4.69) is 0 Å². The summed E-state index contributed by atoms with van der Waals surface area (Å²) in [4.78, 5) is 2.00. The van der Waals surface area contributed by atoms with Crippen molar-refractivity contribution >= 4 is 0 Å². The van der Waals surface area contributed by atoms with Crippen LogP contribution in [0.1, 0.15) is 13.8 Å². The number of hydrogen-bond acceptors (Lipinski definition) is 1. The summed E-state index contributed by atoms with van der Waals surface area (Å²) in [6, 6.07) is 0. The number of nitrogens with zero attached hydrogens (tertiary/aromatic N) is 1. The highest BCUT2D eigenvalue weighted by atomic mass is 15.0. The Balaban J connectivity index is 3.65. The maximum absolute atomic E-state index is 2.00. The molecule has 0 radical (unpaired) electrons. The van der Waals surface area contributed by atoms with Crippen LogP contribution in [0, 0.1) is 0 Å². The molecule has 0 saturated carbocycles. The van der Waals surface area contributed by atoms with Gasteiger partial charge in [-0.2, -0.15) is 0 Å². The van der Waals surface area contributed by atoms with Crippen molar-refractivity contribution in [1.29, 1.82) is 0 Å². The quantitative estimate of drug-likeness (QED) is 0.540. The molecule has 0 bridgehead atoms. The Morgan fingerprint density at radius 2 is 1.60 bits per heavy atom.